The molecular formula is C20H26N2O4. The van der Waals surface area contributed by atoms with Gasteiger partial charge < -0.3 is 24.8 Å². The van der Waals surface area contributed by atoms with Crippen LogP contribution in [0.15, 0.2) is 36.4 Å². The van der Waals surface area contributed by atoms with Crippen LogP contribution in [-0.2, 0) is 4.79 Å². The van der Waals surface area contributed by atoms with Crippen LogP contribution >= 0.6 is 0 Å². The van der Waals surface area contributed by atoms with Crippen molar-refractivity contribution in [3.63, 3.8) is 0 Å². The zero-order chi connectivity index (χ0) is 19.1. The van der Waals surface area contributed by atoms with Gasteiger partial charge in [0.1, 0.15) is 0 Å². The van der Waals surface area contributed by atoms with Gasteiger partial charge in [0, 0.05) is 35.6 Å². The van der Waals surface area contributed by atoms with Crippen LogP contribution in [0.4, 0.5) is 17.1 Å². The van der Waals surface area contributed by atoms with Gasteiger partial charge in [-0.15, -0.1) is 0 Å². The first-order valence-corrected chi connectivity index (χ1v) is 8.43. The van der Waals surface area contributed by atoms with E-state index >= 15 is 0 Å². The molecule has 6 heteroatoms. The zero-order valence-electron chi connectivity index (χ0n) is 15.9. The lowest BCUT2D eigenvalue weighted by Gasteiger charge is -2.15. The molecule has 0 fully saturated rings. The van der Waals surface area contributed by atoms with Crippen molar-refractivity contribution < 1.29 is 19.0 Å². The molecule has 0 aromatic heterocycles. The number of methoxy groups -OCH3 is 3. The van der Waals surface area contributed by atoms with Gasteiger partial charge in [-0.2, -0.15) is 0 Å². The molecule has 0 heterocycles. The Morgan fingerprint density at radius 2 is 1.42 bits per heavy atom. The molecule has 0 aliphatic heterocycles. The van der Waals surface area contributed by atoms with Crippen molar-refractivity contribution in [1.82, 2.24) is 0 Å². The van der Waals surface area contributed by atoms with Crippen molar-refractivity contribution in [1.29, 1.82) is 0 Å². The molecule has 0 aliphatic rings. The maximum atomic E-state index is 11.8. The van der Waals surface area contributed by atoms with E-state index in [4.69, 9.17) is 14.2 Å². The second-order valence-electron chi connectivity index (χ2n) is 6.26. The van der Waals surface area contributed by atoms with Crippen molar-refractivity contribution in [3.8, 4) is 17.2 Å². The van der Waals surface area contributed by atoms with E-state index in [2.05, 4.69) is 10.6 Å². The molecule has 0 saturated carbocycles. The maximum absolute atomic E-state index is 11.8. The fraction of sp³-hybridized carbons (Fsp3) is 0.350. The van der Waals surface area contributed by atoms with Crippen molar-refractivity contribution in [2.75, 3.05) is 32.0 Å². The predicted molar refractivity (Wildman–Crippen MR) is 104 cm³/mol. The summed E-state index contributed by atoms with van der Waals surface area (Å²) in [6.45, 7) is 4.04. The molecule has 0 unspecified atom stereocenters. The first kappa shape index (κ1) is 19.4. The van der Waals surface area contributed by atoms with Crippen LogP contribution < -0.4 is 24.8 Å². The second kappa shape index (κ2) is 8.99. The molecule has 0 radical (unpaired) electrons. The molecule has 26 heavy (non-hydrogen) atoms. The van der Waals surface area contributed by atoms with Gasteiger partial charge in [-0.05, 0) is 30.2 Å². The quantitative estimate of drug-likeness (QED) is 0.730. The van der Waals surface area contributed by atoms with Crippen LogP contribution in [0.2, 0.25) is 0 Å². The molecule has 0 aliphatic carbocycles. The van der Waals surface area contributed by atoms with E-state index in [0.717, 1.165) is 17.1 Å². The topological polar surface area (TPSA) is 68.8 Å². The summed E-state index contributed by atoms with van der Waals surface area (Å²) in [4.78, 5) is 11.8. The second-order valence-corrected chi connectivity index (χ2v) is 6.26. The van der Waals surface area contributed by atoms with E-state index < -0.39 is 0 Å². The maximum Gasteiger partial charge on any atom is 0.224 e. The summed E-state index contributed by atoms with van der Waals surface area (Å²) in [5, 5.41) is 6.18. The molecular weight excluding hydrogens is 332 g/mol. The van der Waals surface area contributed by atoms with Crippen molar-refractivity contribution in [3.05, 3.63) is 36.4 Å². The lowest BCUT2D eigenvalue weighted by atomic mass is 10.1. The number of benzene rings is 2. The minimum absolute atomic E-state index is 0.0188. The van der Waals surface area contributed by atoms with Crippen LogP contribution in [0, 0.1) is 5.92 Å². The largest absolute Gasteiger partial charge is 0.493 e. The summed E-state index contributed by atoms with van der Waals surface area (Å²) in [7, 11) is 4.73. The van der Waals surface area contributed by atoms with Crippen molar-refractivity contribution in [2.45, 2.75) is 20.3 Å². The highest BCUT2D eigenvalue weighted by Crippen LogP contribution is 2.40. The third kappa shape index (κ3) is 5.05. The number of hydrogen-bond acceptors (Lipinski definition) is 5. The van der Waals surface area contributed by atoms with Crippen LogP contribution in [0.25, 0.3) is 0 Å². The molecule has 0 spiro atoms. The third-order valence-corrected chi connectivity index (χ3v) is 3.72. The molecule has 0 saturated heterocycles. The van der Waals surface area contributed by atoms with Gasteiger partial charge in [0.05, 0.1) is 21.3 Å². The number of nitrogens with one attached hydrogen (secondary N) is 2. The lowest BCUT2D eigenvalue weighted by Crippen LogP contribution is -2.13. The highest BCUT2D eigenvalue weighted by molar-refractivity contribution is 5.91. The highest BCUT2D eigenvalue weighted by atomic mass is 16.5. The van der Waals surface area contributed by atoms with E-state index in [1.807, 2.05) is 50.2 Å². The standard InChI is InChI=1S/C20H26N2O4/c1-13(2)10-19(23)22-15-8-6-14(7-9-15)21-16-11-17(24-3)20(26-5)18(12-16)25-4/h6-9,11-13,21H,10H2,1-5H3,(H,22,23). The first-order valence-electron chi connectivity index (χ1n) is 8.43. The Labute approximate surface area is 154 Å². The van der Waals surface area contributed by atoms with Crippen LogP contribution in [-0.4, -0.2) is 27.2 Å². The summed E-state index contributed by atoms with van der Waals surface area (Å²) in [5.74, 6) is 2.05. The number of ether oxygens (including phenoxy) is 3. The normalized spacial score (nSPS) is 10.4. The Bertz CT molecular complexity index is 717. The average molecular weight is 358 g/mol. The Kier molecular flexibility index (Phi) is 6.72. The Balaban J connectivity index is 2.12. The highest BCUT2D eigenvalue weighted by Gasteiger charge is 2.13. The van der Waals surface area contributed by atoms with E-state index in [9.17, 15) is 4.79 Å². The number of amides is 1. The van der Waals surface area contributed by atoms with Gasteiger partial charge in [0.2, 0.25) is 11.7 Å². The molecule has 0 bridgehead atoms. The fourth-order valence-corrected chi connectivity index (χ4v) is 2.54. The SMILES string of the molecule is COc1cc(Nc2ccc(NC(=O)CC(C)C)cc2)cc(OC)c1OC. The molecule has 1 amide bonds. The van der Waals surface area contributed by atoms with Crippen LogP contribution in [0.3, 0.4) is 0 Å². The summed E-state index contributed by atoms with van der Waals surface area (Å²) in [6.07, 6.45) is 0.505. The van der Waals surface area contributed by atoms with Gasteiger partial charge in [-0.25, -0.2) is 0 Å². The minimum atomic E-state index is 0.0188. The van der Waals surface area contributed by atoms with Gasteiger partial charge in [-0.1, -0.05) is 13.8 Å². The third-order valence-electron chi connectivity index (χ3n) is 3.72. The monoisotopic (exact) mass is 358 g/mol. The van der Waals surface area contributed by atoms with Crippen LogP contribution in [0.1, 0.15) is 20.3 Å². The molecule has 140 valence electrons. The van der Waals surface area contributed by atoms with E-state index in [0.29, 0.717) is 29.6 Å². The summed E-state index contributed by atoms with van der Waals surface area (Å²) < 4.78 is 16.0. The molecule has 2 aromatic carbocycles. The van der Waals surface area contributed by atoms with Gasteiger partial charge in [0.15, 0.2) is 11.5 Å². The molecule has 2 aromatic rings. The summed E-state index contributed by atoms with van der Waals surface area (Å²) in [6, 6.07) is 11.2. The fourth-order valence-electron chi connectivity index (χ4n) is 2.54. The predicted octanol–water partition coefficient (Wildman–Crippen LogP) is 4.44. The minimum Gasteiger partial charge on any atom is -0.493 e. The Hall–Kier alpha value is -2.89. The number of carbonyl (C=O) groups excluding carboxylic acids is 1. The van der Waals surface area contributed by atoms with E-state index in [1.165, 1.54) is 0 Å². The molecule has 2 N–H and O–H groups in total. The summed E-state index contributed by atoms with van der Waals surface area (Å²) in [5.41, 5.74) is 2.45. The van der Waals surface area contributed by atoms with Crippen LogP contribution in [0.5, 0.6) is 17.2 Å². The average Bonchev–Trinajstić information content (AvgIpc) is 2.61. The van der Waals surface area contributed by atoms with Gasteiger partial charge in [-0.3, -0.25) is 4.79 Å². The molecule has 6 nitrogen and oxygen atoms in total. The van der Waals surface area contributed by atoms with Gasteiger partial charge >= 0.3 is 0 Å². The number of carbonyl (C=O) groups is 1. The number of anilines is 3. The smallest absolute Gasteiger partial charge is 0.224 e. The Morgan fingerprint density at radius 1 is 0.885 bits per heavy atom. The lowest BCUT2D eigenvalue weighted by molar-refractivity contribution is -0.116. The first-order chi connectivity index (χ1) is 12.5. The van der Waals surface area contributed by atoms with Crippen molar-refractivity contribution >= 4 is 23.0 Å². The van der Waals surface area contributed by atoms with E-state index in [-0.39, 0.29) is 5.91 Å². The molecule has 0 atom stereocenters. The summed E-state index contributed by atoms with van der Waals surface area (Å²) >= 11 is 0. The van der Waals surface area contributed by atoms with Gasteiger partial charge in [0.25, 0.3) is 0 Å². The number of hydrogen-bond donors (Lipinski definition) is 2. The van der Waals surface area contributed by atoms with E-state index in [1.54, 1.807) is 21.3 Å². The number of rotatable bonds is 8. The molecule has 2 rings (SSSR count). The zero-order valence-corrected chi connectivity index (χ0v) is 15.9. The van der Waals surface area contributed by atoms with Crippen molar-refractivity contribution in [2.24, 2.45) is 5.92 Å². The Morgan fingerprint density at radius 3 is 1.88 bits per heavy atom.